The van der Waals surface area contributed by atoms with Gasteiger partial charge in [-0.05, 0) is 70.0 Å². The summed E-state index contributed by atoms with van der Waals surface area (Å²) < 4.78 is 125. The lowest BCUT2D eigenvalue weighted by Gasteiger charge is -2.30. The highest BCUT2D eigenvalue weighted by molar-refractivity contribution is 7.92. The van der Waals surface area contributed by atoms with Crippen LogP contribution in [0.25, 0.3) is 0 Å². The van der Waals surface area contributed by atoms with Gasteiger partial charge in [-0.1, -0.05) is 6.42 Å². The molecule has 1 aliphatic carbocycles. The van der Waals surface area contributed by atoms with Crippen molar-refractivity contribution in [2.45, 2.75) is 68.1 Å². The summed E-state index contributed by atoms with van der Waals surface area (Å²) in [7, 11) is -4.27. The molecule has 246 valence electrons. The van der Waals surface area contributed by atoms with Crippen LogP contribution in [0.4, 0.5) is 41.2 Å². The van der Waals surface area contributed by atoms with Gasteiger partial charge in [0.05, 0.1) is 34.5 Å². The van der Waals surface area contributed by atoms with Gasteiger partial charge >= 0.3 is 18.4 Å². The third kappa shape index (κ3) is 9.02. The van der Waals surface area contributed by atoms with Crippen LogP contribution in [0.5, 0.6) is 0 Å². The predicted molar refractivity (Wildman–Crippen MR) is 147 cm³/mol. The Morgan fingerprint density at radius 1 is 1.04 bits per heavy atom. The van der Waals surface area contributed by atoms with E-state index in [2.05, 4.69) is 9.98 Å². The second-order valence-corrected chi connectivity index (χ2v) is 13.2. The SMILES string of the molecule is CC(C)(C)OC(=O)N(CC(C=Nc1ccc(C(F)(F)F)nc1)=C(N)C(F)(F)F)C(=O)C1CCCC1S(=O)(=O)c1ccc(F)cc1. The van der Waals surface area contributed by atoms with Crippen molar-refractivity contribution in [2.75, 3.05) is 6.54 Å². The largest absolute Gasteiger partial charge is 0.443 e. The number of imide groups is 1. The summed E-state index contributed by atoms with van der Waals surface area (Å²) >= 11 is 0. The first kappa shape index (κ1) is 35.5. The molecule has 3 rings (SSSR count). The number of amides is 2. The number of nitrogens with zero attached hydrogens (tertiary/aromatic N) is 3. The Bertz CT molecular complexity index is 1560. The monoisotopic (exact) mass is 666 g/mol. The average Bonchev–Trinajstić information content (AvgIpc) is 3.42. The van der Waals surface area contributed by atoms with E-state index in [1.54, 1.807) is 0 Å². The van der Waals surface area contributed by atoms with E-state index in [0.29, 0.717) is 23.4 Å². The Morgan fingerprint density at radius 2 is 1.67 bits per heavy atom. The van der Waals surface area contributed by atoms with E-state index >= 15 is 0 Å². The fourth-order valence-corrected chi connectivity index (χ4v) is 6.49. The van der Waals surface area contributed by atoms with Gasteiger partial charge < -0.3 is 10.5 Å². The number of benzene rings is 1. The van der Waals surface area contributed by atoms with Crippen molar-refractivity contribution in [3.05, 3.63) is 65.4 Å². The van der Waals surface area contributed by atoms with E-state index in [4.69, 9.17) is 10.5 Å². The lowest BCUT2D eigenvalue weighted by molar-refractivity contribution is -0.141. The number of hydrogen-bond acceptors (Lipinski definition) is 8. The number of alkyl halides is 6. The summed E-state index contributed by atoms with van der Waals surface area (Å²) in [6.07, 6.45) is -10.1. The van der Waals surface area contributed by atoms with Gasteiger partial charge in [0.25, 0.3) is 0 Å². The van der Waals surface area contributed by atoms with E-state index in [1.165, 1.54) is 20.8 Å². The summed E-state index contributed by atoms with van der Waals surface area (Å²) in [6.45, 7) is 3.08. The first-order valence-electron chi connectivity index (χ1n) is 13.3. The molecule has 17 heteroatoms. The molecule has 1 saturated carbocycles. The predicted octanol–water partition coefficient (Wildman–Crippen LogP) is 6.12. The van der Waals surface area contributed by atoms with E-state index in [-0.39, 0.29) is 29.8 Å². The maximum atomic E-state index is 13.8. The lowest BCUT2D eigenvalue weighted by Crippen LogP contribution is -2.47. The van der Waals surface area contributed by atoms with Crippen molar-refractivity contribution >= 4 is 33.7 Å². The Labute approximate surface area is 253 Å². The molecule has 1 aromatic heterocycles. The van der Waals surface area contributed by atoms with E-state index in [1.807, 2.05) is 0 Å². The molecule has 1 fully saturated rings. The topological polar surface area (TPSA) is 132 Å². The number of nitrogens with two attached hydrogens (primary N) is 1. The summed E-state index contributed by atoms with van der Waals surface area (Å²) in [6, 6.07) is 5.21. The van der Waals surface area contributed by atoms with Crippen LogP contribution in [0.3, 0.4) is 0 Å². The summed E-state index contributed by atoms with van der Waals surface area (Å²) in [5.74, 6) is -3.29. The van der Waals surface area contributed by atoms with Crippen LogP contribution in [0, 0.1) is 11.7 Å². The van der Waals surface area contributed by atoms with Crippen molar-refractivity contribution in [1.82, 2.24) is 9.88 Å². The summed E-state index contributed by atoms with van der Waals surface area (Å²) in [4.78, 5) is 33.9. The number of sulfone groups is 1. The van der Waals surface area contributed by atoms with Gasteiger partial charge in [-0.3, -0.25) is 9.79 Å². The normalized spacial score (nSPS) is 18.5. The number of aliphatic imine (C=N–C) groups is 1. The molecule has 0 spiro atoms. The number of carbonyl (C=O) groups excluding carboxylic acids is 2. The number of carbonyl (C=O) groups is 2. The number of allylic oxidation sites excluding steroid dienone is 1. The van der Waals surface area contributed by atoms with Crippen LogP contribution >= 0.6 is 0 Å². The van der Waals surface area contributed by atoms with Gasteiger partial charge in [-0.2, -0.15) is 26.3 Å². The minimum atomic E-state index is -5.20. The molecule has 0 bridgehead atoms. The molecular formula is C28H29F7N4O5S. The minimum absolute atomic E-state index is 0.0337. The highest BCUT2D eigenvalue weighted by Gasteiger charge is 2.46. The lowest BCUT2D eigenvalue weighted by atomic mass is 10.1. The van der Waals surface area contributed by atoms with E-state index < -0.39 is 80.3 Å². The zero-order valence-corrected chi connectivity index (χ0v) is 24.9. The third-order valence-corrected chi connectivity index (χ3v) is 8.87. The quantitative estimate of drug-likeness (QED) is 0.214. The molecule has 2 aromatic rings. The second kappa shape index (κ2) is 13.1. The Balaban J connectivity index is 2.04. The van der Waals surface area contributed by atoms with Crippen LogP contribution in [0.1, 0.15) is 45.7 Å². The molecule has 0 saturated heterocycles. The number of aromatic nitrogens is 1. The van der Waals surface area contributed by atoms with Crippen molar-refractivity contribution < 1.29 is 53.5 Å². The van der Waals surface area contributed by atoms with Gasteiger partial charge in [-0.15, -0.1) is 0 Å². The van der Waals surface area contributed by atoms with Gasteiger partial charge in [-0.25, -0.2) is 27.5 Å². The molecule has 0 radical (unpaired) electrons. The molecule has 9 nitrogen and oxygen atoms in total. The molecular weight excluding hydrogens is 637 g/mol. The van der Waals surface area contributed by atoms with Crippen LogP contribution in [0.2, 0.25) is 0 Å². The number of pyridine rings is 1. The Hall–Kier alpha value is -4.02. The van der Waals surface area contributed by atoms with Crippen LogP contribution in [0.15, 0.2) is 63.8 Å². The third-order valence-electron chi connectivity index (χ3n) is 6.58. The standard InChI is InChI=1S/C28H29F7N4O5S/c1-26(2,3)44-25(41)39(24(40)20-5-4-6-21(20)45(42,43)19-10-7-17(29)8-11-19)15-16(23(36)28(33,34)35)13-37-18-9-12-22(38-14-18)27(30,31)32/h7-14,20-21H,4-6,15,36H2,1-3H3. The number of halogens is 7. The maximum absolute atomic E-state index is 13.8. The highest BCUT2D eigenvalue weighted by Crippen LogP contribution is 2.37. The van der Waals surface area contributed by atoms with Crippen molar-refractivity contribution in [3.63, 3.8) is 0 Å². The fourth-order valence-electron chi connectivity index (χ4n) is 4.46. The molecule has 2 N–H and O–H groups in total. The first-order valence-corrected chi connectivity index (χ1v) is 14.8. The number of rotatable bonds is 7. The smallest absolute Gasteiger partial charge is 0.433 e. The van der Waals surface area contributed by atoms with Gasteiger partial charge in [0.15, 0.2) is 9.84 Å². The second-order valence-electron chi connectivity index (χ2n) is 11.1. The molecule has 1 aliphatic rings. The summed E-state index contributed by atoms with van der Waals surface area (Å²) in [5.41, 5.74) is -0.234. The minimum Gasteiger partial charge on any atom is -0.443 e. The zero-order valence-electron chi connectivity index (χ0n) is 24.1. The van der Waals surface area contributed by atoms with Crippen LogP contribution in [-0.4, -0.2) is 60.1 Å². The van der Waals surface area contributed by atoms with Gasteiger partial charge in [0.2, 0.25) is 5.91 Å². The number of ether oxygens (including phenoxy) is 1. The number of hydrogen-bond donors (Lipinski definition) is 1. The van der Waals surface area contributed by atoms with E-state index in [9.17, 15) is 48.7 Å². The Kier molecular flexibility index (Phi) is 10.4. The highest BCUT2D eigenvalue weighted by atomic mass is 32.2. The Morgan fingerprint density at radius 3 is 2.18 bits per heavy atom. The molecule has 0 aliphatic heterocycles. The molecule has 45 heavy (non-hydrogen) atoms. The van der Waals surface area contributed by atoms with Crippen molar-refractivity contribution in [3.8, 4) is 0 Å². The van der Waals surface area contributed by atoms with E-state index in [0.717, 1.165) is 30.3 Å². The van der Waals surface area contributed by atoms with Crippen LogP contribution < -0.4 is 5.73 Å². The van der Waals surface area contributed by atoms with Crippen molar-refractivity contribution in [1.29, 1.82) is 0 Å². The summed E-state index contributed by atoms with van der Waals surface area (Å²) in [5, 5.41) is -1.40. The van der Waals surface area contributed by atoms with Crippen molar-refractivity contribution in [2.24, 2.45) is 16.6 Å². The average molecular weight is 667 g/mol. The maximum Gasteiger partial charge on any atom is 0.433 e. The molecule has 2 atom stereocenters. The molecule has 1 aromatic carbocycles. The first-order chi connectivity index (χ1) is 20.6. The van der Waals surface area contributed by atoms with Gasteiger partial charge in [0.1, 0.15) is 22.8 Å². The van der Waals surface area contributed by atoms with Gasteiger partial charge in [0, 0.05) is 11.8 Å². The van der Waals surface area contributed by atoms with Crippen LogP contribution in [-0.2, 0) is 25.5 Å². The fraction of sp³-hybridized carbons (Fsp3) is 0.429. The molecule has 2 unspecified atom stereocenters. The zero-order chi connectivity index (χ0) is 34.0. The molecule has 2 amide bonds. The molecule has 1 heterocycles.